The van der Waals surface area contributed by atoms with Crippen molar-refractivity contribution in [2.75, 3.05) is 12.9 Å². The van der Waals surface area contributed by atoms with Gasteiger partial charge in [0.1, 0.15) is 6.10 Å². The van der Waals surface area contributed by atoms with E-state index >= 15 is 0 Å². The molecule has 0 saturated heterocycles. The molecule has 1 aromatic carbocycles. The van der Waals surface area contributed by atoms with Crippen LogP contribution in [0.1, 0.15) is 25.0 Å². The van der Waals surface area contributed by atoms with Crippen molar-refractivity contribution in [2.45, 2.75) is 30.4 Å². The maximum Gasteiger partial charge on any atom is 0.308 e. The summed E-state index contributed by atoms with van der Waals surface area (Å²) in [5.74, 6) is -0.509. The first-order valence-electron chi connectivity index (χ1n) is 5.74. The van der Waals surface area contributed by atoms with Gasteiger partial charge in [0, 0.05) is 4.90 Å². The minimum absolute atomic E-state index is 0.209. The van der Waals surface area contributed by atoms with E-state index < -0.39 is 18.2 Å². The van der Waals surface area contributed by atoms with Gasteiger partial charge in [-0.25, -0.2) is 0 Å². The van der Waals surface area contributed by atoms with Crippen LogP contribution < -0.4 is 0 Å². The third-order valence-electron chi connectivity index (χ3n) is 2.50. The van der Waals surface area contributed by atoms with Crippen LogP contribution in [0.5, 0.6) is 0 Å². The molecule has 0 bridgehead atoms. The summed E-state index contributed by atoms with van der Waals surface area (Å²) in [5.41, 5.74) is 0.588. The topological polar surface area (TPSA) is 66.8 Å². The van der Waals surface area contributed by atoms with E-state index in [2.05, 4.69) is 0 Å². The Balaban J connectivity index is 2.61. The molecule has 0 fully saturated rings. The summed E-state index contributed by atoms with van der Waals surface area (Å²) in [6.45, 7) is 1.96. The molecule has 1 rings (SSSR count). The quantitative estimate of drug-likeness (QED) is 0.609. The highest BCUT2D eigenvalue weighted by molar-refractivity contribution is 7.98. The molecule has 2 atom stereocenters. The number of aliphatic hydroxyl groups is 2. The van der Waals surface area contributed by atoms with Crippen LogP contribution in [0.25, 0.3) is 0 Å². The Morgan fingerprint density at radius 1 is 1.33 bits per heavy atom. The number of thioether (sulfide) groups is 1. The number of hydrogen-bond acceptors (Lipinski definition) is 5. The van der Waals surface area contributed by atoms with Gasteiger partial charge in [0.25, 0.3) is 0 Å². The van der Waals surface area contributed by atoms with Crippen LogP contribution in [-0.2, 0) is 9.53 Å². The number of benzene rings is 1. The summed E-state index contributed by atoms with van der Waals surface area (Å²) in [4.78, 5) is 12.3. The molecule has 0 aliphatic carbocycles. The molecule has 4 nitrogen and oxygen atoms in total. The molecular weight excluding hydrogens is 252 g/mol. The molecular formula is C13H18O4S. The molecule has 2 N–H and O–H groups in total. The van der Waals surface area contributed by atoms with E-state index in [9.17, 15) is 15.0 Å². The molecule has 1 aromatic rings. The highest BCUT2D eigenvalue weighted by atomic mass is 32.2. The number of ether oxygens (including phenoxy) is 1. The van der Waals surface area contributed by atoms with E-state index in [1.807, 2.05) is 18.4 Å². The molecule has 5 heteroatoms. The van der Waals surface area contributed by atoms with Gasteiger partial charge < -0.3 is 14.9 Å². The van der Waals surface area contributed by atoms with Crippen molar-refractivity contribution in [1.29, 1.82) is 0 Å². The minimum atomic E-state index is -1.15. The molecule has 0 amide bonds. The molecule has 0 spiro atoms. The zero-order valence-corrected chi connectivity index (χ0v) is 11.3. The van der Waals surface area contributed by atoms with Gasteiger partial charge >= 0.3 is 5.97 Å². The summed E-state index contributed by atoms with van der Waals surface area (Å²) < 4.78 is 4.72. The number of carbonyl (C=O) groups is 1. The fourth-order valence-corrected chi connectivity index (χ4v) is 1.93. The maximum atomic E-state index is 11.2. The van der Waals surface area contributed by atoms with Gasteiger partial charge in [-0.3, -0.25) is 4.79 Å². The molecule has 18 heavy (non-hydrogen) atoms. The third kappa shape index (κ3) is 4.33. The van der Waals surface area contributed by atoms with Crippen molar-refractivity contribution in [1.82, 2.24) is 0 Å². The van der Waals surface area contributed by atoms with E-state index in [-0.39, 0.29) is 13.0 Å². The van der Waals surface area contributed by atoms with Crippen molar-refractivity contribution >= 4 is 17.7 Å². The predicted octanol–water partition coefficient (Wildman–Crippen LogP) is 1.76. The minimum Gasteiger partial charge on any atom is -0.466 e. The fraction of sp³-hybridized carbons (Fsp3) is 0.462. The lowest BCUT2D eigenvalue weighted by Gasteiger charge is -2.17. The van der Waals surface area contributed by atoms with Gasteiger partial charge in [-0.05, 0) is 30.9 Å². The average Bonchev–Trinajstić information content (AvgIpc) is 2.38. The molecule has 100 valence electrons. The van der Waals surface area contributed by atoms with Crippen LogP contribution in [0.4, 0.5) is 0 Å². The van der Waals surface area contributed by atoms with Crippen molar-refractivity contribution in [3.05, 3.63) is 29.8 Å². The molecule has 2 unspecified atom stereocenters. The normalized spacial score (nSPS) is 14.0. The second-order valence-electron chi connectivity index (χ2n) is 3.79. The summed E-state index contributed by atoms with van der Waals surface area (Å²) in [7, 11) is 0. The van der Waals surface area contributed by atoms with Gasteiger partial charge in [-0.15, -0.1) is 11.8 Å². The Kier molecular flexibility index (Phi) is 6.18. The SMILES string of the molecule is CCOC(=O)CC(O)C(O)c1ccc(SC)cc1. The highest BCUT2D eigenvalue weighted by Gasteiger charge is 2.21. The number of rotatable bonds is 6. The van der Waals surface area contributed by atoms with Crippen molar-refractivity contribution < 1.29 is 19.7 Å². The molecule has 0 saturated carbocycles. The van der Waals surface area contributed by atoms with Gasteiger partial charge in [-0.1, -0.05) is 12.1 Å². The Hall–Kier alpha value is -1.04. The molecule has 0 heterocycles. The lowest BCUT2D eigenvalue weighted by Crippen LogP contribution is -2.23. The molecule has 0 radical (unpaired) electrons. The first-order valence-corrected chi connectivity index (χ1v) is 6.96. The zero-order chi connectivity index (χ0) is 13.5. The summed E-state index contributed by atoms with van der Waals surface area (Å²) in [6, 6.07) is 7.20. The van der Waals surface area contributed by atoms with Gasteiger partial charge in [0.2, 0.25) is 0 Å². The van der Waals surface area contributed by atoms with Gasteiger partial charge in [-0.2, -0.15) is 0 Å². The van der Waals surface area contributed by atoms with Gasteiger partial charge in [0.05, 0.1) is 19.1 Å². The molecule has 0 aliphatic heterocycles. The lowest BCUT2D eigenvalue weighted by molar-refractivity contribution is -0.147. The Morgan fingerprint density at radius 2 is 1.94 bits per heavy atom. The van der Waals surface area contributed by atoms with Crippen LogP contribution in [0.3, 0.4) is 0 Å². The zero-order valence-electron chi connectivity index (χ0n) is 10.5. The first kappa shape index (κ1) is 15.0. The summed E-state index contributed by atoms with van der Waals surface area (Å²) in [6.07, 6.45) is -0.477. The summed E-state index contributed by atoms with van der Waals surface area (Å²) >= 11 is 1.60. The molecule has 0 aliphatic rings. The van der Waals surface area contributed by atoms with Crippen LogP contribution in [0.15, 0.2) is 29.2 Å². The largest absolute Gasteiger partial charge is 0.466 e. The Labute approximate surface area is 111 Å². The van der Waals surface area contributed by atoms with E-state index in [1.165, 1.54) is 0 Å². The Bertz CT molecular complexity index is 377. The average molecular weight is 270 g/mol. The second kappa shape index (κ2) is 7.41. The monoisotopic (exact) mass is 270 g/mol. The van der Waals surface area contributed by atoms with E-state index in [4.69, 9.17) is 4.74 Å². The van der Waals surface area contributed by atoms with Gasteiger partial charge in [0.15, 0.2) is 0 Å². The maximum absolute atomic E-state index is 11.2. The van der Waals surface area contributed by atoms with Crippen molar-refractivity contribution in [3.8, 4) is 0 Å². The highest BCUT2D eigenvalue weighted by Crippen LogP contribution is 2.22. The van der Waals surface area contributed by atoms with Crippen LogP contribution in [0, 0.1) is 0 Å². The lowest BCUT2D eigenvalue weighted by atomic mass is 10.0. The smallest absolute Gasteiger partial charge is 0.308 e. The first-order chi connectivity index (χ1) is 8.58. The Morgan fingerprint density at radius 3 is 2.44 bits per heavy atom. The van der Waals surface area contributed by atoms with E-state index in [1.54, 1.807) is 30.8 Å². The summed E-state index contributed by atoms with van der Waals surface area (Å²) in [5, 5.41) is 19.6. The van der Waals surface area contributed by atoms with Crippen LogP contribution in [0.2, 0.25) is 0 Å². The number of carbonyl (C=O) groups excluding carboxylic acids is 1. The van der Waals surface area contributed by atoms with Crippen molar-refractivity contribution in [3.63, 3.8) is 0 Å². The number of aliphatic hydroxyl groups excluding tert-OH is 2. The van der Waals surface area contributed by atoms with E-state index in [0.717, 1.165) is 4.90 Å². The van der Waals surface area contributed by atoms with Crippen LogP contribution in [-0.4, -0.2) is 35.1 Å². The third-order valence-corrected chi connectivity index (χ3v) is 3.25. The second-order valence-corrected chi connectivity index (χ2v) is 4.67. The standard InChI is InChI=1S/C13H18O4S/c1-3-17-12(15)8-11(14)13(16)9-4-6-10(18-2)7-5-9/h4-7,11,13-14,16H,3,8H2,1-2H3. The molecule has 0 aromatic heterocycles. The number of esters is 1. The van der Waals surface area contributed by atoms with Crippen LogP contribution >= 0.6 is 11.8 Å². The van der Waals surface area contributed by atoms with Crippen molar-refractivity contribution in [2.24, 2.45) is 0 Å². The van der Waals surface area contributed by atoms with E-state index in [0.29, 0.717) is 5.56 Å². The fourth-order valence-electron chi connectivity index (χ4n) is 1.53. The number of hydrogen-bond donors (Lipinski definition) is 2. The predicted molar refractivity (Wildman–Crippen MR) is 70.4 cm³/mol.